The highest BCUT2D eigenvalue weighted by Crippen LogP contribution is 2.27. The number of tetrazole rings is 1. The number of hydrogen-bond donors (Lipinski definition) is 2. The number of benzene rings is 2. The van der Waals surface area contributed by atoms with Gasteiger partial charge in [0.2, 0.25) is 5.82 Å². The molecule has 0 saturated heterocycles. The third-order valence-corrected chi connectivity index (χ3v) is 4.61. The largest absolute Gasteiger partial charge is 0.454 e. The van der Waals surface area contributed by atoms with Crippen molar-refractivity contribution in [3.63, 3.8) is 0 Å². The molecule has 2 N–H and O–H groups in total. The van der Waals surface area contributed by atoms with E-state index in [2.05, 4.69) is 25.9 Å². The number of aromatic nitrogens is 4. The van der Waals surface area contributed by atoms with Gasteiger partial charge in [-0.1, -0.05) is 0 Å². The van der Waals surface area contributed by atoms with Crippen molar-refractivity contribution in [2.75, 3.05) is 11.6 Å². The molecule has 1 heterocycles. The Morgan fingerprint density at radius 1 is 1.29 bits per heavy atom. The number of nitrogens with zero attached hydrogens (tertiary/aromatic N) is 4. The minimum Gasteiger partial charge on any atom is -0.454 e. The van der Waals surface area contributed by atoms with Crippen molar-refractivity contribution in [3.8, 4) is 17.6 Å². The molecule has 0 fully saturated rings. The van der Waals surface area contributed by atoms with Gasteiger partial charge in [-0.15, -0.1) is 10.2 Å². The Labute approximate surface area is 159 Å². The number of H-pyrrole nitrogens is 1. The smallest absolute Gasteiger partial charge is 0.216 e. The highest BCUT2D eigenvalue weighted by atomic mass is 32.2. The molecule has 0 bridgehead atoms. The lowest BCUT2D eigenvalue weighted by molar-refractivity contribution is 0.441. The lowest BCUT2D eigenvalue weighted by atomic mass is 10.2. The number of halogens is 1. The van der Waals surface area contributed by atoms with Crippen LogP contribution in [0.15, 0.2) is 53.6 Å². The van der Waals surface area contributed by atoms with Crippen molar-refractivity contribution < 1.29 is 17.5 Å². The molecular formula is C17H13FN6O3S. The minimum atomic E-state index is -3.50. The van der Waals surface area contributed by atoms with Crippen LogP contribution < -0.4 is 10.1 Å². The molecule has 0 saturated carbocycles. The summed E-state index contributed by atoms with van der Waals surface area (Å²) >= 11 is 0. The van der Waals surface area contributed by atoms with E-state index in [4.69, 9.17) is 10.00 Å². The topological polar surface area (TPSA) is 134 Å². The molecule has 0 unspecified atom stereocenters. The van der Waals surface area contributed by atoms with Gasteiger partial charge in [0.15, 0.2) is 21.4 Å². The second-order valence-electron chi connectivity index (χ2n) is 5.54. The SMILES string of the molecule is CS(=O)(=O)c1ccc(Oc2ccc(NC=C(C#N)c3nn[nH]n3)cc2)c(F)c1. The average Bonchev–Trinajstić information content (AvgIpc) is 3.19. The first-order valence-corrected chi connectivity index (χ1v) is 9.64. The van der Waals surface area contributed by atoms with Gasteiger partial charge in [0, 0.05) is 18.1 Å². The zero-order valence-electron chi connectivity index (χ0n) is 14.4. The van der Waals surface area contributed by atoms with Crippen LogP contribution in [-0.2, 0) is 9.84 Å². The average molecular weight is 400 g/mol. The Bertz CT molecular complexity index is 1150. The van der Waals surface area contributed by atoms with Crippen LogP contribution in [0.5, 0.6) is 11.5 Å². The molecule has 9 nitrogen and oxygen atoms in total. The first kappa shape index (κ1) is 19.0. The van der Waals surface area contributed by atoms with Gasteiger partial charge in [-0.3, -0.25) is 0 Å². The van der Waals surface area contributed by atoms with E-state index >= 15 is 0 Å². The van der Waals surface area contributed by atoms with E-state index in [1.165, 1.54) is 18.3 Å². The molecule has 0 spiro atoms. The summed E-state index contributed by atoms with van der Waals surface area (Å²) in [6, 6.07) is 11.9. The van der Waals surface area contributed by atoms with Gasteiger partial charge in [-0.2, -0.15) is 10.5 Å². The second-order valence-corrected chi connectivity index (χ2v) is 7.56. The first-order valence-electron chi connectivity index (χ1n) is 7.75. The predicted octanol–water partition coefficient (Wildman–Crippen LogP) is 2.51. The minimum absolute atomic E-state index is 0.100. The van der Waals surface area contributed by atoms with Crippen molar-refractivity contribution in [3.05, 3.63) is 60.3 Å². The number of ether oxygens (including phenoxy) is 1. The molecule has 28 heavy (non-hydrogen) atoms. The monoisotopic (exact) mass is 400 g/mol. The summed E-state index contributed by atoms with van der Waals surface area (Å²) in [5.74, 6) is -0.383. The highest BCUT2D eigenvalue weighted by molar-refractivity contribution is 7.90. The Balaban J connectivity index is 1.71. The van der Waals surface area contributed by atoms with E-state index in [-0.39, 0.29) is 22.0 Å². The number of rotatable bonds is 6. The molecule has 1 aromatic heterocycles. The molecule has 0 aliphatic carbocycles. The van der Waals surface area contributed by atoms with Gasteiger partial charge in [-0.05, 0) is 47.7 Å². The zero-order valence-corrected chi connectivity index (χ0v) is 15.2. The first-order chi connectivity index (χ1) is 13.4. The van der Waals surface area contributed by atoms with Gasteiger partial charge < -0.3 is 10.1 Å². The van der Waals surface area contributed by atoms with Crippen LogP contribution >= 0.6 is 0 Å². The number of anilines is 1. The van der Waals surface area contributed by atoms with E-state index in [0.29, 0.717) is 11.4 Å². The van der Waals surface area contributed by atoms with Crippen LogP contribution in [-0.4, -0.2) is 35.3 Å². The van der Waals surface area contributed by atoms with Gasteiger partial charge in [0.25, 0.3) is 0 Å². The van der Waals surface area contributed by atoms with Gasteiger partial charge in [0.05, 0.1) is 4.90 Å². The number of aromatic amines is 1. The molecule has 0 atom stereocenters. The Hall–Kier alpha value is -3.78. The van der Waals surface area contributed by atoms with E-state index in [0.717, 1.165) is 12.3 Å². The number of allylic oxidation sites excluding steroid dienone is 1. The third-order valence-electron chi connectivity index (χ3n) is 3.50. The zero-order chi connectivity index (χ0) is 20.1. The van der Waals surface area contributed by atoms with E-state index in [9.17, 15) is 12.8 Å². The fourth-order valence-corrected chi connectivity index (χ4v) is 2.75. The van der Waals surface area contributed by atoms with Crippen molar-refractivity contribution in [1.82, 2.24) is 20.6 Å². The summed E-state index contributed by atoms with van der Waals surface area (Å²) in [4.78, 5) is -0.126. The summed E-state index contributed by atoms with van der Waals surface area (Å²) in [6.45, 7) is 0. The fraction of sp³-hybridized carbons (Fsp3) is 0.0588. The van der Waals surface area contributed by atoms with E-state index in [1.54, 1.807) is 24.3 Å². The van der Waals surface area contributed by atoms with Crippen LogP contribution in [0.25, 0.3) is 5.57 Å². The normalized spacial score (nSPS) is 11.7. The molecule has 2 aromatic carbocycles. The third kappa shape index (κ3) is 4.49. The van der Waals surface area contributed by atoms with Crippen LogP contribution in [0.2, 0.25) is 0 Å². The summed E-state index contributed by atoms with van der Waals surface area (Å²) in [7, 11) is -3.50. The number of nitriles is 1. The second kappa shape index (κ2) is 7.85. The predicted molar refractivity (Wildman–Crippen MR) is 97.4 cm³/mol. The number of sulfone groups is 1. The maximum atomic E-state index is 14.1. The van der Waals surface area contributed by atoms with Crippen LogP contribution in [0.3, 0.4) is 0 Å². The Morgan fingerprint density at radius 2 is 2.04 bits per heavy atom. The fourth-order valence-electron chi connectivity index (χ4n) is 2.12. The molecule has 0 radical (unpaired) electrons. The van der Waals surface area contributed by atoms with Crippen molar-refractivity contribution in [1.29, 1.82) is 5.26 Å². The van der Waals surface area contributed by atoms with Crippen molar-refractivity contribution in [2.24, 2.45) is 0 Å². The molecule has 3 aromatic rings. The molecule has 3 rings (SSSR count). The number of hydrogen-bond acceptors (Lipinski definition) is 8. The molecular weight excluding hydrogens is 387 g/mol. The summed E-state index contributed by atoms with van der Waals surface area (Å²) in [5.41, 5.74) is 0.818. The Kier molecular flexibility index (Phi) is 5.32. The standard InChI is InChI=1S/C17H13FN6O3S/c1-28(25,26)14-6-7-16(15(18)8-14)27-13-4-2-12(3-5-13)20-10-11(9-19)17-21-23-24-22-17/h2-8,10,20H,1H3,(H,21,22,23,24). The Morgan fingerprint density at radius 3 is 2.61 bits per heavy atom. The maximum absolute atomic E-state index is 14.1. The van der Waals surface area contributed by atoms with E-state index < -0.39 is 15.7 Å². The van der Waals surface area contributed by atoms with Gasteiger partial charge >= 0.3 is 0 Å². The summed E-state index contributed by atoms with van der Waals surface area (Å²) in [6.07, 6.45) is 2.42. The van der Waals surface area contributed by atoms with Crippen LogP contribution in [0.1, 0.15) is 5.82 Å². The van der Waals surface area contributed by atoms with Gasteiger partial charge in [0.1, 0.15) is 17.4 Å². The van der Waals surface area contributed by atoms with Crippen molar-refractivity contribution in [2.45, 2.75) is 4.90 Å². The quantitative estimate of drug-likeness (QED) is 0.603. The molecule has 0 aliphatic heterocycles. The maximum Gasteiger partial charge on any atom is 0.216 e. The molecule has 11 heteroatoms. The molecule has 142 valence electrons. The lowest BCUT2D eigenvalue weighted by Crippen LogP contribution is -1.98. The van der Waals surface area contributed by atoms with Crippen LogP contribution in [0.4, 0.5) is 10.1 Å². The summed E-state index contributed by atoms with van der Waals surface area (Å²) < 4.78 is 42.4. The summed E-state index contributed by atoms with van der Waals surface area (Å²) in [5, 5.41) is 25.1. The van der Waals surface area contributed by atoms with E-state index in [1.807, 2.05) is 6.07 Å². The number of nitrogens with one attached hydrogen (secondary N) is 2. The van der Waals surface area contributed by atoms with Crippen molar-refractivity contribution >= 4 is 21.1 Å². The lowest BCUT2D eigenvalue weighted by Gasteiger charge is -2.09. The van der Waals surface area contributed by atoms with Crippen LogP contribution in [0, 0.1) is 17.1 Å². The molecule has 0 aliphatic rings. The highest BCUT2D eigenvalue weighted by Gasteiger charge is 2.12. The van der Waals surface area contributed by atoms with Gasteiger partial charge in [-0.25, -0.2) is 12.8 Å². The molecule has 0 amide bonds.